The fourth-order valence-corrected chi connectivity index (χ4v) is 7.44. The van der Waals surface area contributed by atoms with Crippen LogP contribution in [0, 0.1) is 0 Å². The Labute approximate surface area is 320 Å². The third-order valence-electron chi connectivity index (χ3n) is 9.89. The quantitative estimate of drug-likeness (QED) is 0.0160. The maximum atomic E-state index is 12.8. The zero-order chi connectivity index (χ0) is 39.2. The highest BCUT2D eigenvalue weighted by molar-refractivity contribution is 7.47. The first-order valence-electron chi connectivity index (χ1n) is 21.0. The molecule has 0 aliphatic heterocycles. The van der Waals surface area contributed by atoms with Gasteiger partial charge < -0.3 is 39.9 Å². The molecule has 0 aromatic carbocycles. The fraction of sp³-hybridized carbons (Fsp3) is 0.925. The van der Waals surface area contributed by atoms with Crippen molar-refractivity contribution in [1.29, 1.82) is 0 Å². The molecular weight excluding hydrogens is 703 g/mol. The maximum absolute atomic E-state index is 12.8. The smallest absolute Gasteiger partial charge is 0.457 e. The van der Waals surface area contributed by atoms with Crippen molar-refractivity contribution in [2.75, 3.05) is 19.8 Å². The molecule has 1 aliphatic carbocycles. The molecule has 1 saturated carbocycles. The van der Waals surface area contributed by atoms with Crippen molar-refractivity contribution in [3.63, 3.8) is 0 Å². The van der Waals surface area contributed by atoms with E-state index in [9.17, 15) is 39.8 Å². The lowest BCUT2D eigenvalue weighted by Crippen LogP contribution is -2.64. The number of esters is 1. The summed E-state index contributed by atoms with van der Waals surface area (Å²) in [5.74, 6) is -0.480. The molecule has 53 heavy (non-hydrogen) atoms. The van der Waals surface area contributed by atoms with Crippen LogP contribution in [-0.4, -0.2) is 98.9 Å². The molecular formula is C40H77O12P. The Bertz CT molecular complexity index is 937. The molecule has 0 aromatic heterocycles. The predicted molar refractivity (Wildman–Crippen MR) is 207 cm³/mol. The molecule has 0 aromatic rings. The second kappa shape index (κ2) is 32.2. The van der Waals surface area contributed by atoms with Gasteiger partial charge in [0.1, 0.15) is 42.7 Å². The van der Waals surface area contributed by atoms with E-state index in [4.69, 9.17) is 18.5 Å². The van der Waals surface area contributed by atoms with Gasteiger partial charge >= 0.3 is 13.8 Å². The van der Waals surface area contributed by atoms with Crippen molar-refractivity contribution in [3.05, 3.63) is 12.2 Å². The monoisotopic (exact) mass is 781 g/mol. The number of carbonyl (C=O) groups is 1. The Morgan fingerprint density at radius 1 is 0.585 bits per heavy atom. The molecule has 1 rings (SSSR count). The number of phosphoric ester groups is 1. The third-order valence-corrected chi connectivity index (χ3v) is 10.9. The van der Waals surface area contributed by atoms with Gasteiger partial charge in [0.15, 0.2) is 0 Å². The first-order chi connectivity index (χ1) is 25.5. The van der Waals surface area contributed by atoms with E-state index in [1.165, 1.54) is 96.3 Å². The summed E-state index contributed by atoms with van der Waals surface area (Å²) in [5.41, 5.74) is 0. The molecule has 0 radical (unpaired) electrons. The van der Waals surface area contributed by atoms with Crippen LogP contribution in [0.25, 0.3) is 0 Å². The van der Waals surface area contributed by atoms with Gasteiger partial charge in [0.25, 0.3) is 0 Å². The van der Waals surface area contributed by atoms with Crippen molar-refractivity contribution >= 4 is 13.8 Å². The SMILES string of the molecule is CCCCCCC/C=C\CCCCCCCCOCC(COP(=O)(O)OC1C(O)C(O)C(O)C(O)C1O)OC(=O)CCCCCCCCCCCCC. The number of unbranched alkanes of at least 4 members (excludes halogenated alkanes) is 21. The lowest BCUT2D eigenvalue weighted by atomic mass is 9.85. The molecule has 0 spiro atoms. The Balaban J connectivity index is 2.43. The van der Waals surface area contributed by atoms with Gasteiger partial charge in [-0.15, -0.1) is 0 Å². The Kier molecular flexibility index (Phi) is 30.4. The lowest BCUT2D eigenvalue weighted by molar-refractivity contribution is -0.220. The molecule has 0 saturated heterocycles. The van der Waals surface area contributed by atoms with E-state index < -0.39 is 63.1 Å². The second-order valence-electron chi connectivity index (χ2n) is 14.8. The van der Waals surface area contributed by atoms with Gasteiger partial charge in [0.2, 0.25) is 0 Å². The summed E-state index contributed by atoms with van der Waals surface area (Å²) < 4.78 is 34.0. The number of rotatable bonds is 35. The van der Waals surface area contributed by atoms with Gasteiger partial charge in [0.05, 0.1) is 13.2 Å². The van der Waals surface area contributed by atoms with Gasteiger partial charge in [-0.05, 0) is 38.5 Å². The standard InChI is InChI=1S/C40H77O12P/c1-3-5-7-9-11-13-15-16-17-18-20-22-24-26-28-30-49-31-33(51-34(41)29-27-25-23-21-19-14-12-10-8-6-4-2)32-50-53(47,48)52-40-38(45)36(43)35(42)37(44)39(40)46/h15-16,33,35-40,42-46H,3-14,17-32H2,1-2H3,(H,47,48)/b16-15-. The first kappa shape index (κ1) is 50.1. The number of aliphatic hydroxyl groups is 5. The Hall–Kier alpha value is -0.920. The molecule has 0 amide bonds. The Morgan fingerprint density at radius 3 is 1.49 bits per heavy atom. The number of allylic oxidation sites excluding steroid dienone is 2. The highest BCUT2D eigenvalue weighted by Gasteiger charge is 2.51. The Morgan fingerprint density at radius 2 is 1.00 bits per heavy atom. The summed E-state index contributed by atoms with van der Waals surface area (Å²) >= 11 is 0. The number of ether oxygens (including phenoxy) is 2. The first-order valence-corrected chi connectivity index (χ1v) is 22.5. The van der Waals surface area contributed by atoms with E-state index in [2.05, 4.69) is 26.0 Å². The van der Waals surface area contributed by atoms with E-state index in [1.54, 1.807) is 0 Å². The van der Waals surface area contributed by atoms with E-state index >= 15 is 0 Å². The van der Waals surface area contributed by atoms with Crippen molar-refractivity contribution < 1.29 is 58.3 Å². The summed E-state index contributed by atoms with van der Waals surface area (Å²) in [7, 11) is -5.01. The van der Waals surface area contributed by atoms with Crippen molar-refractivity contribution in [3.8, 4) is 0 Å². The minimum absolute atomic E-state index is 0.0762. The van der Waals surface area contributed by atoms with Crippen molar-refractivity contribution in [2.24, 2.45) is 0 Å². The molecule has 6 unspecified atom stereocenters. The lowest BCUT2D eigenvalue weighted by Gasteiger charge is -2.41. The van der Waals surface area contributed by atoms with Gasteiger partial charge in [-0.1, -0.05) is 142 Å². The van der Waals surface area contributed by atoms with Crippen LogP contribution in [0.5, 0.6) is 0 Å². The number of hydrogen-bond acceptors (Lipinski definition) is 11. The van der Waals surface area contributed by atoms with Gasteiger partial charge in [0, 0.05) is 13.0 Å². The number of carbonyl (C=O) groups excluding carboxylic acids is 1. The zero-order valence-corrected chi connectivity index (χ0v) is 34.0. The largest absolute Gasteiger partial charge is 0.472 e. The summed E-state index contributed by atoms with van der Waals surface area (Å²) in [4.78, 5) is 23.0. The highest BCUT2D eigenvalue weighted by atomic mass is 31.2. The summed E-state index contributed by atoms with van der Waals surface area (Å²) in [6, 6.07) is 0. The number of hydrogen-bond donors (Lipinski definition) is 6. The van der Waals surface area contributed by atoms with Crippen LogP contribution in [0.4, 0.5) is 0 Å². The van der Waals surface area contributed by atoms with Gasteiger partial charge in [-0.2, -0.15) is 0 Å². The number of aliphatic hydroxyl groups excluding tert-OH is 5. The molecule has 13 heteroatoms. The molecule has 6 N–H and O–H groups in total. The van der Waals surface area contributed by atoms with Crippen molar-refractivity contribution in [1.82, 2.24) is 0 Å². The average molecular weight is 781 g/mol. The summed E-state index contributed by atoms with van der Waals surface area (Å²) in [6.45, 7) is 4.22. The molecule has 1 fully saturated rings. The van der Waals surface area contributed by atoms with Gasteiger partial charge in [-0.3, -0.25) is 13.8 Å². The minimum Gasteiger partial charge on any atom is -0.457 e. The highest BCUT2D eigenvalue weighted by Crippen LogP contribution is 2.47. The minimum atomic E-state index is -5.01. The topological polar surface area (TPSA) is 192 Å². The molecule has 0 heterocycles. The molecule has 314 valence electrons. The van der Waals surface area contributed by atoms with Crippen LogP contribution >= 0.6 is 7.82 Å². The average Bonchev–Trinajstić information content (AvgIpc) is 3.14. The van der Waals surface area contributed by atoms with E-state index in [1.807, 2.05) is 0 Å². The van der Waals surface area contributed by atoms with Gasteiger partial charge in [-0.25, -0.2) is 4.57 Å². The van der Waals surface area contributed by atoms with Crippen LogP contribution < -0.4 is 0 Å². The maximum Gasteiger partial charge on any atom is 0.472 e. The van der Waals surface area contributed by atoms with Crippen molar-refractivity contribution in [2.45, 2.75) is 217 Å². The van der Waals surface area contributed by atoms with Crippen LogP contribution in [0.1, 0.15) is 174 Å². The predicted octanol–water partition coefficient (Wildman–Crippen LogP) is 7.58. The van der Waals surface area contributed by atoms with E-state index in [0.717, 1.165) is 51.4 Å². The summed E-state index contributed by atoms with van der Waals surface area (Å²) in [6.07, 6.45) is 20.0. The molecule has 1 aliphatic rings. The molecule has 6 atom stereocenters. The van der Waals surface area contributed by atoms with Crippen LogP contribution in [0.2, 0.25) is 0 Å². The number of phosphoric acid groups is 1. The second-order valence-corrected chi connectivity index (χ2v) is 16.3. The van der Waals surface area contributed by atoms with E-state index in [-0.39, 0.29) is 13.0 Å². The molecule has 12 nitrogen and oxygen atoms in total. The van der Waals surface area contributed by atoms with Crippen LogP contribution in [0.15, 0.2) is 12.2 Å². The zero-order valence-electron chi connectivity index (χ0n) is 33.1. The third kappa shape index (κ3) is 25.1. The van der Waals surface area contributed by atoms with E-state index in [0.29, 0.717) is 13.0 Å². The molecule has 0 bridgehead atoms. The normalized spacial score (nSPS) is 23.7. The van der Waals surface area contributed by atoms with Crippen LogP contribution in [-0.2, 0) is 27.9 Å². The summed E-state index contributed by atoms with van der Waals surface area (Å²) in [5, 5.41) is 50.0. The van der Waals surface area contributed by atoms with Crippen LogP contribution in [0.3, 0.4) is 0 Å². The fourth-order valence-electron chi connectivity index (χ4n) is 6.47.